The highest BCUT2D eigenvalue weighted by atomic mass is 16.5. The molecule has 0 unspecified atom stereocenters. The highest BCUT2D eigenvalue weighted by Gasteiger charge is 2.45. The predicted octanol–water partition coefficient (Wildman–Crippen LogP) is 4.93. The van der Waals surface area contributed by atoms with Crippen LogP contribution in [-0.2, 0) is 10.2 Å². The number of carbonyl (C=O) groups excluding carboxylic acids is 1. The van der Waals surface area contributed by atoms with Crippen molar-refractivity contribution in [2.75, 3.05) is 5.32 Å². The second-order valence-corrected chi connectivity index (χ2v) is 6.57. The number of aromatic nitrogens is 1. The fourth-order valence-corrected chi connectivity index (χ4v) is 3.36. The largest absolute Gasteiger partial charge is 0.457 e. The molecule has 4 heteroatoms. The SMILES string of the molecule is O=C(Nc1cccc(Oc2ccncc2)c1)C1(c2ccccc2)CCC1. The molecule has 0 aliphatic heterocycles. The first-order valence-corrected chi connectivity index (χ1v) is 8.81. The van der Waals surface area contributed by atoms with Gasteiger partial charge in [-0.2, -0.15) is 0 Å². The Kier molecular flexibility index (Phi) is 4.40. The molecule has 1 aliphatic rings. The maximum atomic E-state index is 13.0. The molecule has 2 aromatic carbocycles. The van der Waals surface area contributed by atoms with Crippen molar-refractivity contribution in [1.82, 2.24) is 4.98 Å². The van der Waals surface area contributed by atoms with Crippen molar-refractivity contribution in [3.63, 3.8) is 0 Å². The molecular weight excluding hydrogens is 324 g/mol. The van der Waals surface area contributed by atoms with E-state index in [9.17, 15) is 4.79 Å². The van der Waals surface area contributed by atoms with Crippen molar-refractivity contribution in [1.29, 1.82) is 0 Å². The van der Waals surface area contributed by atoms with Gasteiger partial charge in [-0.15, -0.1) is 0 Å². The van der Waals surface area contributed by atoms with Gasteiger partial charge < -0.3 is 10.1 Å². The topological polar surface area (TPSA) is 51.2 Å². The van der Waals surface area contributed by atoms with Gasteiger partial charge in [0.05, 0.1) is 5.41 Å². The van der Waals surface area contributed by atoms with Crippen LogP contribution in [0.3, 0.4) is 0 Å². The van der Waals surface area contributed by atoms with Crippen LogP contribution in [0.5, 0.6) is 11.5 Å². The molecule has 26 heavy (non-hydrogen) atoms. The monoisotopic (exact) mass is 344 g/mol. The molecule has 0 bridgehead atoms. The lowest BCUT2D eigenvalue weighted by Crippen LogP contribution is -2.45. The van der Waals surface area contributed by atoms with E-state index in [1.807, 2.05) is 54.6 Å². The van der Waals surface area contributed by atoms with E-state index in [1.165, 1.54) is 0 Å². The van der Waals surface area contributed by atoms with Crippen LogP contribution in [0.15, 0.2) is 79.1 Å². The van der Waals surface area contributed by atoms with Gasteiger partial charge in [-0.05, 0) is 42.7 Å². The van der Waals surface area contributed by atoms with Crippen molar-refractivity contribution < 1.29 is 9.53 Å². The molecule has 3 aromatic rings. The maximum absolute atomic E-state index is 13.0. The van der Waals surface area contributed by atoms with Crippen LogP contribution in [0.25, 0.3) is 0 Å². The Bertz CT molecular complexity index is 890. The van der Waals surface area contributed by atoms with Crippen LogP contribution >= 0.6 is 0 Å². The highest BCUT2D eigenvalue weighted by Crippen LogP contribution is 2.44. The highest BCUT2D eigenvalue weighted by molar-refractivity contribution is 6.00. The molecule has 0 spiro atoms. The van der Waals surface area contributed by atoms with Gasteiger partial charge in [-0.1, -0.05) is 42.8 Å². The van der Waals surface area contributed by atoms with Gasteiger partial charge >= 0.3 is 0 Å². The number of nitrogens with one attached hydrogen (secondary N) is 1. The van der Waals surface area contributed by atoms with E-state index >= 15 is 0 Å². The molecule has 4 nitrogen and oxygen atoms in total. The molecular formula is C22H20N2O2. The van der Waals surface area contributed by atoms with Gasteiger partial charge in [-0.25, -0.2) is 0 Å². The number of pyridine rings is 1. The van der Waals surface area contributed by atoms with Crippen molar-refractivity contribution in [2.45, 2.75) is 24.7 Å². The Labute approximate surface area is 152 Å². The molecule has 0 radical (unpaired) electrons. The zero-order chi connectivity index (χ0) is 17.8. The molecule has 0 atom stereocenters. The first-order chi connectivity index (χ1) is 12.8. The minimum atomic E-state index is -0.413. The number of amides is 1. The summed E-state index contributed by atoms with van der Waals surface area (Å²) in [6.45, 7) is 0. The van der Waals surface area contributed by atoms with E-state index < -0.39 is 5.41 Å². The van der Waals surface area contributed by atoms with Crippen LogP contribution in [0.4, 0.5) is 5.69 Å². The summed E-state index contributed by atoms with van der Waals surface area (Å²) < 4.78 is 5.82. The molecule has 1 saturated carbocycles. The van der Waals surface area contributed by atoms with Crippen LogP contribution in [0, 0.1) is 0 Å². The van der Waals surface area contributed by atoms with E-state index in [0.717, 1.165) is 30.5 Å². The van der Waals surface area contributed by atoms with E-state index in [-0.39, 0.29) is 5.91 Å². The van der Waals surface area contributed by atoms with E-state index in [0.29, 0.717) is 11.5 Å². The number of hydrogen-bond donors (Lipinski definition) is 1. The fourth-order valence-electron chi connectivity index (χ4n) is 3.36. The molecule has 1 aliphatic carbocycles. The molecule has 1 aromatic heterocycles. The molecule has 1 heterocycles. The summed E-state index contributed by atoms with van der Waals surface area (Å²) in [6.07, 6.45) is 6.21. The number of hydrogen-bond acceptors (Lipinski definition) is 3. The van der Waals surface area contributed by atoms with Crippen molar-refractivity contribution in [3.05, 3.63) is 84.7 Å². The van der Waals surface area contributed by atoms with Crippen LogP contribution < -0.4 is 10.1 Å². The Morgan fingerprint density at radius 3 is 2.38 bits per heavy atom. The number of carbonyl (C=O) groups is 1. The third-order valence-electron chi connectivity index (χ3n) is 4.95. The number of ether oxygens (including phenoxy) is 1. The Balaban J connectivity index is 1.52. The summed E-state index contributed by atoms with van der Waals surface area (Å²) in [7, 11) is 0. The second-order valence-electron chi connectivity index (χ2n) is 6.57. The van der Waals surface area contributed by atoms with Crippen LogP contribution in [0.2, 0.25) is 0 Å². The summed E-state index contributed by atoms with van der Waals surface area (Å²) >= 11 is 0. The fraction of sp³-hybridized carbons (Fsp3) is 0.182. The molecule has 1 N–H and O–H groups in total. The molecule has 130 valence electrons. The second kappa shape index (κ2) is 7.00. The summed E-state index contributed by atoms with van der Waals surface area (Å²) in [5.74, 6) is 1.44. The van der Waals surface area contributed by atoms with Gasteiger partial charge in [0.15, 0.2) is 0 Å². The number of nitrogens with zero attached hydrogens (tertiary/aromatic N) is 1. The third kappa shape index (κ3) is 3.18. The Hall–Kier alpha value is -3.14. The molecule has 4 rings (SSSR count). The van der Waals surface area contributed by atoms with Crippen LogP contribution in [-0.4, -0.2) is 10.9 Å². The zero-order valence-electron chi connectivity index (χ0n) is 14.4. The number of rotatable bonds is 5. The van der Waals surface area contributed by atoms with Gasteiger partial charge in [0.2, 0.25) is 5.91 Å². The average molecular weight is 344 g/mol. The quantitative estimate of drug-likeness (QED) is 0.713. The standard InChI is InChI=1S/C22H20N2O2/c25-21(22(12-5-13-22)17-6-2-1-3-7-17)24-18-8-4-9-20(16-18)26-19-10-14-23-15-11-19/h1-4,6-11,14-16H,5,12-13H2,(H,24,25). The minimum absolute atomic E-state index is 0.0519. The first kappa shape index (κ1) is 16.3. The van der Waals surface area contributed by atoms with E-state index in [1.54, 1.807) is 24.5 Å². The zero-order valence-corrected chi connectivity index (χ0v) is 14.4. The summed E-state index contributed by atoms with van der Waals surface area (Å²) in [6, 6.07) is 21.1. The maximum Gasteiger partial charge on any atom is 0.235 e. The summed E-state index contributed by atoms with van der Waals surface area (Å²) in [5, 5.41) is 3.08. The average Bonchev–Trinajstić information content (AvgIpc) is 2.63. The molecule has 1 amide bonds. The lowest BCUT2D eigenvalue weighted by atomic mass is 9.64. The molecule has 1 fully saturated rings. The number of anilines is 1. The van der Waals surface area contributed by atoms with Crippen LogP contribution in [0.1, 0.15) is 24.8 Å². The summed E-state index contributed by atoms with van der Waals surface area (Å²) in [5.41, 5.74) is 1.42. The Morgan fingerprint density at radius 2 is 1.69 bits per heavy atom. The lowest BCUT2D eigenvalue weighted by Gasteiger charge is -2.40. The summed E-state index contributed by atoms with van der Waals surface area (Å²) in [4.78, 5) is 17.0. The number of benzene rings is 2. The van der Waals surface area contributed by atoms with E-state index in [4.69, 9.17) is 4.74 Å². The predicted molar refractivity (Wildman–Crippen MR) is 101 cm³/mol. The van der Waals surface area contributed by atoms with Crippen molar-refractivity contribution >= 4 is 11.6 Å². The van der Waals surface area contributed by atoms with Gasteiger partial charge in [0, 0.05) is 24.1 Å². The smallest absolute Gasteiger partial charge is 0.235 e. The third-order valence-corrected chi connectivity index (χ3v) is 4.95. The van der Waals surface area contributed by atoms with Crippen molar-refractivity contribution in [3.8, 4) is 11.5 Å². The van der Waals surface area contributed by atoms with Crippen molar-refractivity contribution in [2.24, 2.45) is 0 Å². The van der Waals surface area contributed by atoms with E-state index in [2.05, 4.69) is 10.3 Å². The lowest BCUT2D eigenvalue weighted by molar-refractivity contribution is -0.124. The first-order valence-electron chi connectivity index (χ1n) is 8.81. The molecule has 0 saturated heterocycles. The normalized spacial score (nSPS) is 14.9. The van der Waals surface area contributed by atoms with Gasteiger partial charge in [0.1, 0.15) is 11.5 Å². The van der Waals surface area contributed by atoms with Gasteiger partial charge in [0.25, 0.3) is 0 Å². The minimum Gasteiger partial charge on any atom is -0.457 e. The van der Waals surface area contributed by atoms with Gasteiger partial charge in [-0.3, -0.25) is 9.78 Å². The Morgan fingerprint density at radius 1 is 0.923 bits per heavy atom.